The third kappa shape index (κ3) is 6.67. The molecule has 0 aromatic carbocycles. The molecule has 1 saturated carbocycles. The average Bonchev–Trinajstić information content (AvgIpc) is 3.54. The van der Waals surface area contributed by atoms with Gasteiger partial charge in [0.1, 0.15) is 18.9 Å². The van der Waals surface area contributed by atoms with E-state index in [-0.39, 0.29) is 36.1 Å². The van der Waals surface area contributed by atoms with Crippen LogP contribution in [0.5, 0.6) is 0 Å². The summed E-state index contributed by atoms with van der Waals surface area (Å²) in [6.07, 6.45) is 5.32. The van der Waals surface area contributed by atoms with Crippen LogP contribution in [0, 0.1) is 5.41 Å². The van der Waals surface area contributed by atoms with Crippen molar-refractivity contribution in [3.63, 3.8) is 0 Å². The smallest absolute Gasteiger partial charge is 0.347 e. The number of amides is 3. The lowest BCUT2D eigenvalue weighted by atomic mass is 9.93. The molecule has 0 radical (unpaired) electrons. The summed E-state index contributed by atoms with van der Waals surface area (Å²) in [5.74, 6) is -4.82. The lowest BCUT2D eigenvalue weighted by molar-refractivity contribution is -0.143. The Morgan fingerprint density at radius 2 is 1.92 bits per heavy atom. The highest BCUT2D eigenvalue weighted by Gasteiger charge is 2.42. The standard InChI is InChI=1S/C24H31N5O8/c1-14(30)36-13-15-10-18(37-21(15)22(26)27-12-20(32)33)24(35)29(16-6-3-2-4-7-16)23(34)17-8-5-9-28(17)19(31)11-25/h10,12,16-17,26H,2-9,11,13,25H2,1H3,(H,32,33)/t17-/m0/s1. The van der Waals surface area contributed by atoms with Crippen LogP contribution in [0.15, 0.2) is 15.5 Å². The topological polar surface area (TPSA) is 197 Å². The van der Waals surface area contributed by atoms with E-state index in [9.17, 15) is 24.0 Å². The number of nitrogens with zero attached hydrogens (tertiary/aromatic N) is 3. The molecule has 1 atom stereocenters. The summed E-state index contributed by atoms with van der Waals surface area (Å²) >= 11 is 0. The molecular formula is C24H31N5O8. The van der Waals surface area contributed by atoms with Gasteiger partial charge in [-0.2, -0.15) is 0 Å². The van der Waals surface area contributed by atoms with Crippen LogP contribution in [-0.4, -0.2) is 81.8 Å². The van der Waals surface area contributed by atoms with E-state index in [1.54, 1.807) is 0 Å². The number of carbonyl (C=O) groups is 5. The number of aliphatic imine (C=N–C) groups is 1. The number of nitrogens with two attached hydrogens (primary N) is 1. The molecule has 2 fully saturated rings. The van der Waals surface area contributed by atoms with Crippen molar-refractivity contribution in [3.8, 4) is 0 Å². The number of rotatable bonds is 8. The molecule has 1 aliphatic heterocycles. The number of aliphatic carboxylic acids is 1. The van der Waals surface area contributed by atoms with Gasteiger partial charge in [0.15, 0.2) is 17.4 Å². The fourth-order valence-electron chi connectivity index (χ4n) is 4.70. The molecule has 1 saturated heterocycles. The molecule has 37 heavy (non-hydrogen) atoms. The highest BCUT2D eigenvalue weighted by Crippen LogP contribution is 2.29. The number of likely N-dealkylation sites (tertiary alicyclic amines) is 1. The molecule has 3 amide bonds. The van der Waals surface area contributed by atoms with Gasteiger partial charge in [0, 0.05) is 25.1 Å². The van der Waals surface area contributed by atoms with Gasteiger partial charge in [0.25, 0.3) is 11.8 Å². The highest BCUT2D eigenvalue weighted by molar-refractivity contribution is 6.25. The first-order valence-corrected chi connectivity index (χ1v) is 12.1. The van der Waals surface area contributed by atoms with Gasteiger partial charge >= 0.3 is 11.9 Å². The molecule has 1 aromatic rings. The molecule has 3 rings (SSSR count). The van der Waals surface area contributed by atoms with Gasteiger partial charge in [-0.1, -0.05) is 19.3 Å². The predicted octanol–water partition coefficient (Wildman–Crippen LogP) is 1.07. The van der Waals surface area contributed by atoms with E-state index in [1.165, 1.54) is 17.9 Å². The summed E-state index contributed by atoms with van der Waals surface area (Å²) in [5, 5.41) is 16.9. The van der Waals surface area contributed by atoms with Gasteiger partial charge in [0.05, 0.1) is 6.54 Å². The van der Waals surface area contributed by atoms with Crippen molar-refractivity contribution in [2.75, 3.05) is 13.1 Å². The number of esters is 1. The lowest BCUT2D eigenvalue weighted by Gasteiger charge is -2.35. The fraction of sp³-hybridized carbons (Fsp3) is 0.542. The Morgan fingerprint density at radius 1 is 1.22 bits per heavy atom. The third-order valence-electron chi connectivity index (χ3n) is 6.40. The molecule has 1 aliphatic carbocycles. The first kappa shape index (κ1) is 27.7. The Hall–Kier alpha value is -3.87. The maximum Gasteiger partial charge on any atom is 0.347 e. The van der Waals surface area contributed by atoms with Crippen LogP contribution in [-0.2, 0) is 30.5 Å². The fourth-order valence-corrected chi connectivity index (χ4v) is 4.70. The van der Waals surface area contributed by atoms with Crippen molar-refractivity contribution >= 4 is 41.7 Å². The zero-order valence-corrected chi connectivity index (χ0v) is 20.6. The number of ether oxygens (including phenoxy) is 1. The summed E-state index contributed by atoms with van der Waals surface area (Å²) in [7, 11) is 0. The zero-order chi connectivity index (χ0) is 27.1. The summed E-state index contributed by atoms with van der Waals surface area (Å²) in [5.41, 5.74) is 5.64. The summed E-state index contributed by atoms with van der Waals surface area (Å²) in [4.78, 5) is 68.0. The SMILES string of the molecule is CC(=O)OCc1cc(C(=O)N(C(=O)[C@@H]2CCCN2C(=O)CN)C2CCCCC2)oc1C(=N)N=CC(=O)O. The van der Waals surface area contributed by atoms with Crippen LogP contribution >= 0.6 is 0 Å². The lowest BCUT2D eigenvalue weighted by Crippen LogP contribution is -2.54. The zero-order valence-electron chi connectivity index (χ0n) is 20.6. The van der Waals surface area contributed by atoms with Crippen LogP contribution in [0.25, 0.3) is 0 Å². The molecular weight excluding hydrogens is 486 g/mol. The minimum atomic E-state index is -1.39. The molecule has 13 heteroatoms. The second-order valence-corrected chi connectivity index (χ2v) is 8.94. The average molecular weight is 518 g/mol. The number of carboxylic acid groups (broad SMARTS) is 1. The molecule has 0 spiro atoms. The molecule has 200 valence electrons. The molecule has 2 heterocycles. The van der Waals surface area contributed by atoms with Gasteiger partial charge in [-0.15, -0.1) is 0 Å². The van der Waals surface area contributed by atoms with Gasteiger partial charge in [-0.25, -0.2) is 9.79 Å². The van der Waals surface area contributed by atoms with E-state index < -0.39 is 41.7 Å². The molecule has 2 aliphatic rings. The highest BCUT2D eigenvalue weighted by atomic mass is 16.5. The molecule has 0 bridgehead atoms. The first-order valence-electron chi connectivity index (χ1n) is 12.1. The maximum absolute atomic E-state index is 13.8. The number of nitrogens with one attached hydrogen (secondary N) is 1. The van der Waals surface area contributed by atoms with Crippen LogP contribution < -0.4 is 5.73 Å². The predicted molar refractivity (Wildman–Crippen MR) is 129 cm³/mol. The van der Waals surface area contributed by atoms with Crippen molar-refractivity contribution in [1.82, 2.24) is 9.80 Å². The van der Waals surface area contributed by atoms with E-state index in [0.717, 1.165) is 24.2 Å². The monoisotopic (exact) mass is 517 g/mol. The minimum Gasteiger partial charge on any atom is -0.477 e. The van der Waals surface area contributed by atoms with E-state index >= 15 is 0 Å². The maximum atomic E-state index is 13.8. The van der Waals surface area contributed by atoms with Gasteiger partial charge in [0.2, 0.25) is 5.91 Å². The quantitative estimate of drug-likeness (QED) is 0.195. The van der Waals surface area contributed by atoms with E-state index in [4.69, 9.17) is 25.4 Å². The van der Waals surface area contributed by atoms with E-state index in [2.05, 4.69) is 4.99 Å². The van der Waals surface area contributed by atoms with Crippen molar-refractivity contribution in [1.29, 1.82) is 5.41 Å². The third-order valence-corrected chi connectivity index (χ3v) is 6.40. The Labute approximate surface area is 213 Å². The van der Waals surface area contributed by atoms with E-state index in [1.807, 2.05) is 0 Å². The van der Waals surface area contributed by atoms with Crippen LogP contribution in [0.2, 0.25) is 0 Å². The Morgan fingerprint density at radius 3 is 2.54 bits per heavy atom. The van der Waals surface area contributed by atoms with Gasteiger partial charge < -0.3 is 24.9 Å². The second kappa shape index (κ2) is 12.4. The molecule has 0 unspecified atom stereocenters. The van der Waals surface area contributed by atoms with Crippen LogP contribution in [0.4, 0.5) is 0 Å². The number of furan rings is 1. The molecule has 4 N–H and O–H groups in total. The van der Waals surface area contributed by atoms with Crippen LogP contribution in [0.1, 0.15) is 73.7 Å². The van der Waals surface area contributed by atoms with Gasteiger partial charge in [-0.3, -0.25) is 29.5 Å². The molecule has 13 nitrogen and oxygen atoms in total. The Balaban J connectivity index is 1.98. The van der Waals surface area contributed by atoms with Crippen molar-refractivity contribution in [2.24, 2.45) is 10.7 Å². The number of carbonyl (C=O) groups excluding carboxylic acids is 4. The van der Waals surface area contributed by atoms with Crippen molar-refractivity contribution < 1.29 is 38.2 Å². The van der Waals surface area contributed by atoms with Crippen molar-refractivity contribution in [2.45, 2.75) is 70.6 Å². The summed E-state index contributed by atoms with van der Waals surface area (Å²) in [6.45, 7) is 0.945. The Bertz CT molecular complexity index is 1100. The number of hydrogen-bond acceptors (Lipinski definition) is 9. The normalized spacial score (nSPS) is 18.1. The largest absolute Gasteiger partial charge is 0.477 e. The van der Waals surface area contributed by atoms with Crippen LogP contribution in [0.3, 0.4) is 0 Å². The van der Waals surface area contributed by atoms with E-state index in [0.29, 0.717) is 38.4 Å². The van der Waals surface area contributed by atoms with Crippen molar-refractivity contribution in [3.05, 3.63) is 23.2 Å². The number of hydrogen-bond donors (Lipinski definition) is 3. The molecule has 1 aromatic heterocycles. The minimum absolute atomic E-state index is 0.114. The number of imide groups is 1. The second-order valence-electron chi connectivity index (χ2n) is 8.94. The number of amidine groups is 1. The summed E-state index contributed by atoms with van der Waals surface area (Å²) < 4.78 is 10.6. The number of carboxylic acids is 1. The summed E-state index contributed by atoms with van der Waals surface area (Å²) in [6, 6.07) is 0.0286. The van der Waals surface area contributed by atoms with Gasteiger partial charge in [-0.05, 0) is 31.7 Å². The first-order chi connectivity index (χ1) is 17.6. The Kier molecular flexibility index (Phi) is 9.28.